The topological polar surface area (TPSA) is 55.1 Å². The summed E-state index contributed by atoms with van der Waals surface area (Å²) in [5, 5.41) is 2.29. The molecule has 0 fully saturated rings. The first kappa shape index (κ1) is 15.8. The molecule has 3 N–H and O–H groups in total. The smallest absolute Gasteiger partial charge is 0.327 e. The van der Waals surface area contributed by atoms with E-state index >= 15 is 0 Å². The zero-order valence-electron chi connectivity index (χ0n) is 10.4. The van der Waals surface area contributed by atoms with Crippen molar-refractivity contribution in [2.75, 3.05) is 5.32 Å². The largest absolute Gasteiger partial charge is 0.416 e. The lowest BCUT2D eigenvalue weighted by molar-refractivity contribution is -0.137. The van der Waals surface area contributed by atoms with Crippen LogP contribution in [-0.2, 0) is 11.0 Å². The molecule has 0 heterocycles. The number of rotatable bonds is 3. The van der Waals surface area contributed by atoms with Crippen LogP contribution in [0.25, 0.3) is 0 Å². The highest BCUT2D eigenvalue weighted by Crippen LogP contribution is 2.33. The fourth-order valence-electron chi connectivity index (χ4n) is 1.28. The number of hydrogen-bond donors (Lipinski definition) is 2. The van der Waals surface area contributed by atoms with Crippen molar-refractivity contribution in [2.45, 2.75) is 26.1 Å². The standard InChI is InChI=1S/C12H14ClF3N2O/c1-6(7(2)17)11(19)18-10-4-3-8(5-9(10)13)12(14,15)16/h3-7H,17H2,1-2H3,(H,18,19). The Morgan fingerprint density at radius 3 is 2.37 bits per heavy atom. The average Bonchev–Trinajstić information content (AvgIpc) is 2.29. The summed E-state index contributed by atoms with van der Waals surface area (Å²) >= 11 is 5.72. The quantitative estimate of drug-likeness (QED) is 0.899. The Hall–Kier alpha value is -1.27. The molecule has 0 saturated carbocycles. The number of hydrogen-bond acceptors (Lipinski definition) is 2. The minimum atomic E-state index is -4.47. The monoisotopic (exact) mass is 294 g/mol. The molecule has 0 aromatic heterocycles. The Balaban J connectivity index is 2.90. The van der Waals surface area contributed by atoms with Gasteiger partial charge in [-0.3, -0.25) is 4.79 Å². The maximum atomic E-state index is 12.4. The van der Waals surface area contributed by atoms with E-state index in [0.717, 1.165) is 18.2 Å². The third-order valence-electron chi connectivity index (χ3n) is 2.76. The van der Waals surface area contributed by atoms with E-state index < -0.39 is 23.6 Å². The summed E-state index contributed by atoms with van der Waals surface area (Å²) in [6.07, 6.45) is -4.47. The highest BCUT2D eigenvalue weighted by atomic mass is 35.5. The molecule has 2 atom stereocenters. The highest BCUT2D eigenvalue weighted by molar-refractivity contribution is 6.33. The number of nitrogens with one attached hydrogen (secondary N) is 1. The Kier molecular flexibility index (Phi) is 4.81. The van der Waals surface area contributed by atoms with Gasteiger partial charge in [0, 0.05) is 6.04 Å². The van der Waals surface area contributed by atoms with Gasteiger partial charge in [0.2, 0.25) is 5.91 Å². The number of benzene rings is 1. The summed E-state index contributed by atoms with van der Waals surface area (Å²) in [4.78, 5) is 11.7. The Morgan fingerprint density at radius 1 is 1.37 bits per heavy atom. The molecule has 1 amide bonds. The van der Waals surface area contributed by atoms with Crippen molar-refractivity contribution in [3.63, 3.8) is 0 Å². The fraction of sp³-hybridized carbons (Fsp3) is 0.417. The summed E-state index contributed by atoms with van der Waals surface area (Å²) in [5.41, 5.74) is 4.83. The first-order valence-electron chi connectivity index (χ1n) is 5.56. The summed E-state index contributed by atoms with van der Waals surface area (Å²) in [5.74, 6) is -0.866. The zero-order valence-corrected chi connectivity index (χ0v) is 11.1. The second kappa shape index (κ2) is 5.79. The van der Waals surface area contributed by atoms with Gasteiger partial charge in [-0.2, -0.15) is 13.2 Å². The van der Waals surface area contributed by atoms with Gasteiger partial charge < -0.3 is 11.1 Å². The third-order valence-corrected chi connectivity index (χ3v) is 3.07. The lowest BCUT2D eigenvalue weighted by Gasteiger charge is -2.16. The highest BCUT2D eigenvalue weighted by Gasteiger charge is 2.31. The van der Waals surface area contributed by atoms with E-state index in [1.54, 1.807) is 13.8 Å². The van der Waals surface area contributed by atoms with Gasteiger partial charge in [0.05, 0.1) is 22.2 Å². The molecule has 2 unspecified atom stereocenters. The van der Waals surface area contributed by atoms with Crippen LogP contribution >= 0.6 is 11.6 Å². The van der Waals surface area contributed by atoms with Crippen LogP contribution in [0.5, 0.6) is 0 Å². The zero-order chi connectivity index (χ0) is 14.8. The molecule has 0 bridgehead atoms. The number of carbonyl (C=O) groups is 1. The van der Waals surface area contributed by atoms with Crippen LogP contribution in [0.3, 0.4) is 0 Å². The molecule has 0 radical (unpaired) electrons. The lowest BCUT2D eigenvalue weighted by atomic mass is 10.0. The van der Waals surface area contributed by atoms with Crippen molar-refractivity contribution in [1.82, 2.24) is 0 Å². The summed E-state index contributed by atoms with van der Waals surface area (Å²) in [6.45, 7) is 3.29. The van der Waals surface area contributed by atoms with Crippen LogP contribution in [0.15, 0.2) is 18.2 Å². The average molecular weight is 295 g/mol. The van der Waals surface area contributed by atoms with Crippen LogP contribution in [0.2, 0.25) is 5.02 Å². The summed E-state index contributed by atoms with van der Waals surface area (Å²) < 4.78 is 37.3. The van der Waals surface area contributed by atoms with Gasteiger partial charge in [0.15, 0.2) is 0 Å². The minimum absolute atomic E-state index is 0.132. The second-order valence-corrected chi connectivity index (χ2v) is 4.74. The number of amides is 1. The van der Waals surface area contributed by atoms with Crippen molar-refractivity contribution in [2.24, 2.45) is 11.7 Å². The lowest BCUT2D eigenvalue weighted by Crippen LogP contribution is -2.34. The number of halogens is 4. The van der Waals surface area contributed by atoms with Crippen molar-refractivity contribution in [3.8, 4) is 0 Å². The molecule has 0 aliphatic carbocycles. The maximum Gasteiger partial charge on any atom is 0.416 e. The van der Waals surface area contributed by atoms with E-state index in [1.165, 1.54) is 0 Å². The van der Waals surface area contributed by atoms with Gasteiger partial charge >= 0.3 is 6.18 Å². The van der Waals surface area contributed by atoms with Gasteiger partial charge in [-0.05, 0) is 25.1 Å². The Morgan fingerprint density at radius 2 is 1.95 bits per heavy atom. The molecule has 106 valence electrons. The molecule has 7 heteroatoms. The van der Waals surface area contributed by atoms with Crippen molar-refractivity contribution in [1.29, 1.82) is 0 Å². The molecule has 0 spiro atoms. The maximum absolute atomic E-state index is 12.4. The predicted molar refractivity (Wildman–Crippen MR) is 67.9 cm³/mol. The van der Waals surface area contributed by atoms with E-state index in [0.29, 0.717) is 0 Å². The summed E-state index contributed by atoms with van der Waals surface area (Å²) in [6, 6.07) is 2.39. The van der Waals surface area contributed by atoms with Gasteiger partial charge in [0.25, 0.3) is 0 Å². The number of carbonyl (C=O) groups excluding carboxylic acids is 1. The SMILES string of the molecule is CC(N)C(C)C(=O)Nc1ccc(C(F)(F)F)cc1Cl. The Bertz CT molecular complexity index is 475. The third kappa shape index (κ3) is 4.11. The first-order valence-corrected chi connectivity index (χ1v) is 5.94. The molecule has 0 aliphatic rings. The van der Waals surface area contributed by atoms with Crippen LogP contribution in [0, 0.1) is 5.92 Å². The van der Waals surface area contributed by atoms with Crippen molar-refractivity contribution >= 4 is 23.2 Å². The van der Waals surface area contributed by atoms with E-state index in [2.05, 4.69) is 5.32 Å². The Labute approximate surface area is 113 Å². The van der Waals surface area contributed by atoms with E-state index in [4.69, 9.17) is 17.3 Å². The molecular weight excluding hydrogens is 281 g/mol. The van der Waals surface area contributed by atoms with E-state index in [9.17, 15) is 18.0 Å². The number of nitrogens with two attached hydrogens (primary N) is 1. The van der Waals surface area contributed by atoms with Gasteiger partial charge in [-0.15, -0.1) is 0 Å². The normalized spacial score (nSPS) is 14.9. The minimum Gasteiger partial charge on any atom is -0.327 e. The van der Waals surface area contributed by atoms with Crippen LogP contribution in [0.1, 0.15) is 19.4 Å². The molecule has 0 aliphatic heterocycles. The van der Waals surface area contributed by atoms with Crippen molar-refractivity contribution in [3.05, 3.63) is 28.8 Å². The molecule has 1 aromatic rings. The van der Waals surface area contributed by atoms with Gasteiger partial charge in [0.1, 0.15) is 0 Å². The number of anilines is 1. The van der Waals surface area contributed by atoms with E-state index in [-0.39, 0.29) is 16.8 Å². The van der Waals surface area contributed by atoms with Crippen LogP contribution in [0.4, 0.5) is 18.9 Å². The van der Waals surface area contributed by atoms with Gasteiger partial charge in [-0.25, -0.2) is 0 Å². The summed E-state index contributed by atoms with van der Waals surface area (Å²) in [7, 11) is 0. The number of alkyl halides is 3. The van der Waals surface area contributed by atoms with Crippen LogP contribution < -0.4 is 11.1 Å². The fourth-order valence-corrected chi connectivity index (χ4v) is 1.51. The predicted octanol–water partition coefficient (Wildman–Crippen LogP) is 3.28. The molecule has 1 aromatic carbocycles. The van der Waals surface area contributed by atoms with Crippen molar-refractivity contribution < 1.29 is 18.0 Å². The molecule has 1 rings (SSSR count). The first-order chi connectivity index (χ1) is 8.62. The molecule has 19 heavy (non-hydrogen) atoms. The van der Waals surface area contributed by atoms with Gasteiger partial charge in [-0.1, -0.05) is 18.5 Å². The molecule has 3 nitrogen and oxygen atoms in total. The van der Waals surface area contributed by atoms with E-state index in [1.807, 2.05) is 0 Å². The van der Waals surface area contributed by atoms with Crippen LogP contribution in [-0.4, -0.2) is 11.9 Å². The molecular formula is C12H14ClF3N2O. The molecule has 0 saturated heterocycles. The second-order valence-electron chi connectivity index (χ2n) is 4.33.